The molecule has 0 heterocycles. The van der Waals surface area contributed by atoms with Crippen molar-refractivity contribution in [1.82, 2.24) is 5.32 Å². The van der Waals surface area contributed by atoms with Gasteiger partial charge >= 0.3 is 5.69 Å². The molecule has 0 aromatic heterocycles. The van der Waals surface area contributed by atoms with Crippen LogP contribution in [0.3, 0.4) is 0 Å². The van der Waals surface area contributed by atoms with Crippen molar-refractivity contribution in [3.63, 3.8) is 0 Å². The average molecular weight is 258 g/mol. The highest BCUT2D eigenvalue weighted by atomic mass is 35.5. The lowest BCUT2D eigenvalue weighted by Gasteiger charge is -2.07. The van der Waals surface area contributed by atoms with Crippen LogP contribution < -0.4 is 10.6 Å². The third-order valence-electron chi connectivity index (χ3n) is 1.98. The standard InChI is InChI=1S/C10H12ClN3O3/c1-7(15)12-5-6-13-9-4-2-3-8(11)10(9)14(16)17/h2-4,13H,5-6H2,1H3,(H,12,15). The van der Waals surface area contributed by atoms with Crippen molar-refractivity contribution in [2.45, 2.75) is 6.92 Å². The summed E-state index contributed by atoms with van der Waals surface area (Å²) in [7, 11) is 0. The highest BCUT2D eigenvalue weighted by Gasteiger charge is 2.17. The summed E-state index contributed by atoms with van der Waals surface area (Å²) in [6, 6.07) is 4.65. The monoisotopic (exact) mass is 257 g/mol. The molecule has 1 aromatic carbocycles. The molecule has 1 aromatic rings. The quantitative estimate of drug-likeness (QED) is 0.479. The molecule has 0 bridgehead atoms. The van der Waals surface area contributed by atoms with Crippen LogP contribution in [0.15, 0.2) is 18.2 Å². The number of anilines is 1. The highest BCUT2D eigenvalue weighted by Crippen LogP contribution is 2.31. The van der Waals surface area contributed by atoms with Crippen LogP contribution in [-0.2, 0) is 4.79 Å². The number of carbonyl (C=O) groups is 1. The number of nitro groups is 1. The smallest absolute Gasteiger partial charge is 0.310 e. The number of amides is 1. The first-order chi connectivity index (χ1) is 8.02. The van der Waals surface area contributed by atoms with Gasteiger partial charge in [-0.15, -0.1) is 0 Å². The van der Waals surface area contributed by atoms with Crippen LogP contribution in [0.4, 0.5) is 11.4 Å². The van der Waals surface area contributed by atoms with Crippen molar-refractivity contribution >= 4 is 28.9 Å². The predicted molar refractivity (Wildman–Crippen MR) is 65.3 cm³/mol. The lowest BCUT2D eigenvalue weighted by molar-refractivity contribution is -0.383. The van der Waals surface area contributed by atoms with Crippen LogP contribution >= 0.6 is 11.6 Å². The number of para-hydroxylation sites is 1. The third-order valence-corrected chi connectivity index (χ3v) is 2.29. The molecule has 2 N–H and O–H groups in total. The van der Waals surface area contributed by atoms with Crippen LogP contribution in [0.2, 0.25) is 5.02 Å². The summed E-state index contributed by atoms with van der Waals surface area (Å²) < 4.78 is 0. The molecule has 7 heteroatoms. The van der Waals surface area contributed by atoms with Crippen LogP contribution in [0.1, 0.15) is 6.92 Å². The summed E-state index contributed by atoms with van der Waals surface area (Å²) in [4.78, 5) is 20.9. The summed E-state index contributed by atoms with van der Waals surface area (Å²) in [5.74, 6) is -0.146. The fraction of sp³-hybridized carbons (Fsp3) is 0.300. The van der Waals surface area contributed by atoms with Crippen molar-refractivity contribution in [1.29, 1.82) is 0 Å². The Kier molecular flexibility index (Phi) is 4.71. The van der Waals surface area contributed by atoms with Crippen molar-refractivity contribution in [2.75, 3.05) is 18.4 Å². The first kappa shape index (κ1) is 13.2. The number of nitrogens with zero attached hydrogens (tertiary/aromatic N) is 1. The summed E-state index contributed by atoms with van der Waals surface area (Å²) in [6.07, 6.45) is 0. The largest absolute Gasteiger partial charge is 0.378 e. The molecule has 0 fully saturated rings. The van der Waals surface area contributed by atoms with E-state index in [-0.39, 0.29) is 16.6 Å². The van der Waals surface area contributed by atoms with E-state index < -0.39 is 4.92 Å². The van der Waals surface area contributed by atoms with Crippen LogP contribution in [0.25, 0.3) is 0 Å². The van der Waals surface area contributed by atoms with Gasteiger partial charge in [0.1, 0.15) is 10.7 Å². The van der Waals surface area contributed by atoms with Crippen molar-refractivity contribution in [3.05, 3.63) is 33.3 Å². The fourth-order valence-electron chi connectivity index (χ4n) is 1.28. The second-order valence-electron chi connectivity index (χ2n) is 3.30. The van der Waals surface area contributed by atoms with Gasteiger partial charge in [-0.25, -0.2) is 0 Å². The lowest BCUT2D eigenvalue weighted by Crippen LogP contribution is -2.26. The molecule has 1 rings (SSSR count). The van der Waals surface area contributed by atoms with Crippen molar-refractivity contribution in [3.8, 4) is 0 Å². The predicted octanol–water partition coefficient (Wildman–Crippen LogP) is 1.80. The molecular weight excluding hydrogens is 246 g/mol. The first-order valence-corrected chi connectivity index (χ1v) is 5.31. The number of carbonyl (C=O) groups excluding carboxylic acids is 1. The lowest BCUT2D eigenvalue weighted by atomic mass is 10.2. The van der Waals surface area contributed by atoms with Gasteiger partial charge in [0.15, 0.2) is 0 Å². The van der Waals surface area contributed by atoms with E-state index in [1.807, 2.05) is 0 Å². The number of hydrogen-bond acceptors (Lipinski definition) is 4. The molecule has 0 unspecified atom stereocenters. The zero-order valence-electron chi connectivity index (χ0n) is 9.20. The van der Waals surface area contributed by atoms with Gasteiger partial charge < -0.3 is 10.6 Å². The Balaban J connectivity index is 2.67. The van der Waals surface area contributed by atoms with E-state index >= 15 is 0 Å². The Labute approximate surface area is 103 Å². The minimum atomic E-state index is -0.539. The average Bonchev–Trinajstić information content (AvgIpc) is 2.23. The maximum absolute atomic E-state index is 10.8. The molecule has 0 spiro atoms. The molecule has 0 atom stereocenters. The molecule has 6 nitrogen and oxygen atoms in total. The molecule has 0 saturated carbocycles. The van der Waals surface area contributed by atoms with E-state index in [9.17, 15) is 14.9 Å². The summed E-state index contributed by atoms with van der Waals surface area (Å²) in [5.41, 5.74) is 0.185. The Hall–Kier alpha value is -1.82. The van der Waals surface area contributed by atoms with Crippen LogP contribution in [0.5, 0.6) is 0 Å². The van der Waals surface area contributed by atoms with Crippen LogP contribution in [-0.4, -0.2) is 23.9 Å². The van der Waals surface area contributed by atoms with Gasteiger partial charge in [0.05, 0.1) is 4.92 Å². The van der Waals surface area contributed by atoms with E-state index in [0.717, 1.165) is 0 Å². The summed E-state index contributed by atoms with van der Waals surface area (Å²) >= 11 is 5.74. The van der Waals surface area contributed by atoms with Crippen LogP contribution in [0, 0.1) is 10.1 Å². The number of nitro benzene ring substituents is 1. The van der Waals surface area contributed by atoms with Gasteiger partial charge in [-0.05, 0) is 12.1 Å². The first-order valence-electron chi connectivity index (χ1n) is 4.93. The second-order valence-corrected chi connectivity index (χ2v) is 3.71. The second kappa shape index (κ2) is 6.05. The van der Waals surface area contributed by atoms with Gasteiger partial charge in [0.25, 0.3) is 0 Å². The molecule has 92 valence electrons. The topological polar surface area (TPSA) is 84.3 Å². The molecule has 0 aliphatic carbocycles. The van der Waals surface area contributed by atoms with Gasteiger partial charge in [0, 0.05) is 20.0 Å². The van der Waals surface area contributed by atoms with Gasteiger partial charge in [0.2, 0.25) is 5.91 Å². The Morgan fingerprint density at radius 3 is 2.76 bits per heavy atom. The molecular formula is C10H12ClN3O3. The van der Waals surface area contributed by atoms with E-state index in [1.165, 1.54) is 13.0 Å². The van der Waals surface area contributed by atoms with Gasteiger partial charge in [-0.2, -0.15) is 0 Å². The number of nitrogens with one attached hydrogen (secondary N) is 2. The minimum Gasteiger partial charge on any atom is -0.378 e. The maximum Gasteiger partial charge on any atom is 0.310 e. The van der Waals surface area contributed by atoms with Gasteiger partial charge in [-0.3, -0.25) is 14.9 Å². The number of halogens is 1. The SMILES string of the molecule is CC(=O)NCCNc1cccc(Cl)c1[N+](=O)[O-]. The van der Waals surface area contributed by atoms with E-state index in [2.05, 4.69) is 10.6 Å². The molecule has 0 aliphatic heterocycles. The van der Waals surface area contributed by atoms with Crippen molar-refractivity contribution < 1.29 is 9.72 Å². The number of rotatable bonds is 5. The zero-order valence-corrected chi connectivity index (χ0v) is 9.95. The van der Waals surface area contributed by atoms with Gasteiger partial charge in [-0.1, -0.05) is 17.7 Å². The normalized spacial score (nSPS) is 9.76. The number of benzene rings is 1. The Bertz CT molecular complexity index is 437. The highest BCUT2D eigenvalue weighted by molar-refractivity contribution is 6.33. The molecule has 17 heavy (non-hydrogen) atoms. The zero-order chi connectivity index (χ0) is 12.8. The van der Waals surface area contributed by atoms with E-state index in [1.54, 1.807) is 12.1 Å². The Morgan fingerprint density at radius 2 is 2.18 bits per heavy atom. The third kappa shape index (κ3) is 3.92. The Morgan fingerprint density at radius 1 is 1.47 bits per heavy atom. The van der Waals surface area contributed by atoms with E-state index in [4.69, 9.17) is 11.6 Å². The number of hydrogen-bond donors (Lipinski definition) is 2. The molecule has 0 radical (unpaired) electrons. The van der Waals surface area contributed by atoms with Crippen molar-refractivity contribution in [2.24, 2.45) is 0 Å². The fourth-order valence-corrected chi connectivity index (χ4v) is 1.52. The summed E-state index contributed by atoms with van der Waals surface area (Å²) in [6.45, 7) is 2.18. The summed E-state index contributed by atoms with van der Waals surface area (Å²) in [5, 5.41) is 16.3. The van der Waals surface area contributed by atoms with E-state index in [0.29, 0.717) is 18.8 Å². The maximum atomic E-state index is 10.8. The molecule has 1 amide bonds. The molecule has 0 aliphatic rings. The minimum absolute atomic E-state index is 0.0829. The molecule has 0 saturated heterocycles.